The summed E-state index contributed by atoms with van der Waals surface area (Å²) in [5.74, 6) is 2.19. The second-order valence-electron chi connectivity index (χ2n) is 13.4. The SMILES string of the molecule is C=CCN(CCS(=O)(=O)O)C(=O)CC[C@@H](C)[C@H]1CCC2C3CC[C@]4(O)C[C@H](O)CC[C@]4(C)C3CC[C@@]21C. The van der Waals surface area contributed by atoms with Gasteiger partial charge in [0, 0.05) is 25.9 Å². The van der Waals surface area contributed by atoms with Crippen LogP contribution in [0.2, 0.25) is 0 Å². The average Bonchev–Trinajstić information content (AvgIpc) is 3.17. The summed E-state index contributed by atoms with van der Waals surface area (Å²) in [6.45, 7) is 11.0. The summed E-state index contributed by atoms with van der Waals surface area (Å²) < 4.78 is 31.4. The van der Waals surface area contributed by atoms with E-state index in [1.807, 2.05) is 0 Å². The maximum absolute atomic E-state index is 12.9. The highest BCUT2D eigenvalue weighted by molar-refractivity contribution is 7.85. The highest BCUT2D eigenvalue weighted by Crippen LogP contribution is 2.69. The fourth-order valence-corrected chi connectivity index (χ4v) is 10.1. The summed E-state index contributed by atoms with van der Waals surface area (Å²) in [5, 5.41) is 21.9. The van der Waals surface area contributed by atoms with Crippen LogP contribution >= 0.6 is 0 Å². The van der Waals surface area contributed by atoms with Crippen molar-refractivity contribution in [2.75, 3.05) is 18.8 Å². The van der Waals surface area contributed by atoms with Gasteiger partial charge in [0.15, 0.2) is 0 Å². The third kappa shape index (κ3) is 5.42. The van der Waals surface area contributed by atoms with E-state index in [9.17, 15) is 23.4 Å². The number of amides is 1. The molecule has 0 saturated heterocycles. The van der Waals surface area contributed by atoms with E-state index < -0.39 is 21.5 Å². The number of nitrogens with zero attached hydrogens (tertiary/aromatic N) is 1. The van der Waals surface area contributed by atoms with Gasteiger partial charge in [-0.05, 0) is 98.2 Å². The smallest absolute Gasteiger partial charge is 0.266 e. The molecule has 8 heteroatoms. The molecule has 0 aromatic carbocycles. The van der Waals surface area contributed by atoms with Crippen molar-refractivity contribution in [3.63, 3.8) is 0 Å². The highest BCUT2D eigenvalue weighted by atomic mass is 32.2. The van der Waals surface area contributed by atoms with Crippen molar-refractivity contribution in [2.45, 2.75) is 103 Å². The van der Waals surface area contributed by atoms with Crippen LogP contribution in [0.5, 0.6) is 0 Å². The number of fused-ring (bicyclic) bond motifs is 5. The summed E-state index contributed by atoms with van der Waals surface area (Å²) in [6.07, 6.45) is 11.1. The van der Waals surface area contributed by atoms with Crippen LogP contribution in [0.3, 0.4) is 0 Å². The predicted octanol–water partition coefficient (Wildman–Crippen LogP) is 4.44. The van der Waals surface area contributed by atoms with E-state index in [4.69, 9.17) is 4.55 Å². The second kappa shape index (κ2) is 10.5. The Morgan fingerprint density at radius 3 is 2.51 bits per heavy atom. The number of rotatable bonds is 9. The lowest BCUT2D eigenvalue weighted by Gasteiger charge is -2.64. The predicted molar refractivity (Wildman–Crippen MR) is 144 cm³/mol. The van der Waals surface area contributed by atoms with Crippen molar-refractivity contribution in [2.24, 2.45) is 40.4 Å². The first-order valence-corrected chi connectivity index (χ1v) is 16.1. The van der Waals surface area contributed by atoms with Gasteiger partial charge in [-0.2, -0.15) is 8.42 Å². The van der Waals surface area contributed by atoms with Gasteiger partial charge in [0.25, 0.3) is 10.1 Å². The Morgan fingerprint density at radius 2 is 1.84 bits per heavy atom. The topological polar surface area (TPSA) is 115 Å². The molecule has 0 spiro atoms. The molecule has 0 radical (unpaired) electrons. The van der Waals surface area contributed by atoms with Crippen molar-refractivity contribution >= 4 is 16.0 Å². The molecule has 0 aromatic heterocycles. The Hall–Kier alpha value is -0.960. The molecule has 0 bridgehead atoms. The molecule has 0 heterocycles. The maximum atomic E-state index is 12.9. The van der Waals surface area contributed by atoms with Crippen LogP contribution in [0.1, 0.15) is 91.4 Å². The van der Waals surface area contributed by atoms with Gasteiger partial charge < -0.3 is 15.1 Å². The minimum atomic E-state index is -4.12. The zero-order chi connectivity index (χ0) is 27.2. The van der Waals surface area contributed by atoms with Crippen LogP contribution in [0.15, 0.2) is 12.7 Å². The quantitative estimate of drug-likeness (QED) is 0.295. The third-order valence-corrected chi connectivity index (χ3v) is 12.4. The van der Waals surface area contributed by atoms with E-state index >= 15 is 0 Å². The van der Waals surface area contributed by atoms with Crippen LogP contribution in [0.25, 0.3) is 0 Å². The third-order valence-electron chi connectivity index (χ3n) is 11.7. The second-order valence-corrected chi connectivity index (χ2v) is 15.0. The lowest BCUT2D eigenvalue weighted by Crippen LogP contribution is -2.62. The molecule has 3 N–H and O–H groups in total. The van der Waals surface area contributed by atoms with E-state index in [-0.39, 0.29) is 35.9 Å². The van der Waals surface area contributed by atoms with Gasteiger partial charge in [-0.25, -0.2) is 0 Å². The minimum absolute atomic E-state index is 0.0213. The first-order chi connectivity index (χ1) is 17.2. The van der Waals surface area contributed by atoms with Crippen LogP contribution in [0.4, 0.5) is 0 Å². The zero-order valence-electron chi connectivity index (χ0n) is 23.1. The summed E-state index contributed by atoms with van der Waals surface area (Å²) >= 11 is 0. The summed E-state index contributed by atoms with van der Waals surface area (Å²) in [4.78, 5) is 14.4. The first kappa shape index (κ1) is 29.0. The minimum Gasteiger partial charge on any atom is -0.393 e. The number of aliphatic hydroxyl groups is 2. The molecule has 4 aliphatic rings. The molecule has 3 unspecified atom stereocenters. The molecule has 0 aromatic rings. The van der Waals surface area contributed by atoms with Gasteiger partial charge in [-0.1, -0.05) is 26.8 Å². The zero-order valence-corrected chi connectivity index (χ0v) is 23.9. The number of carbonyl (C=O) groups excluding carboxylic acids is 1. The summed E-state index contributed by atoms with van der Waals surface area (Å²) in [6, 6.07) is 0. The van der Waals surface area contributed by atoms with Crippen molar-refractivity contribution < 1.29 is 28.0 Å². The van der Waals surface area contributed by atoms with Crippen molar-refractivity contribution in [1.29, 1.82) is 0 Å². The van der Waals surface area contributed by atoms with Gasteiger partial charge in [-0.15, -0.1) is 6.58 Å². The summed E-state index contributed by atoms with van der Waals surface area (Å²) in [5.41, 5.74) is -0.601. The number of hydrogen-bond acceptors (Lipinski definition) is 5. The van der Waals surface area contributed by atoms with E-state index in [0.29, 0.717) is 42.4 Å². The maximum Gasteiger partial charge on any atom is 0.266 e. The number of hydrogen-bond donors (Lipinski definition) is 3. The average molecular weight is 540 g/mol. The van der Waals surface area contributed by atoms with Crippen LogP contribution in [0, 0.1) is 40.4 Å². The Balaban J connectivity index is 1.40. The van der Waals surface area contributed by atoms with E-state index in [1.54, 1.807) is 6.08 Å². The van der Waals surface area contributed by atoms with Crippen LogP contribution < -0.4 is 0 Å². The fraction of sp³-hybridized carbons (Fsp3) is 0.897. The molecule has 4 saturated carbocycles. The Kier molecular flexibility index (Phi) is 8.28. The molecule has 9 atom stereocenters. The molecule has 4 aliphatic carbocycles. The van der Waals surface area contributed by atoms with Crippen LogP contribution in [-0.2, 0) is 14.9 Å². The standard InChI is InChI=1S/C29H49NO6S/c1-5-16-30(17-18-37(34,35)36)26(32)9-6-20(2)23-7-8-24-22-11-15-29(33)19-21(31)10-14-28(29,4)25(22)12-13-27(23,24)3/h5,20-25,31,33H,1,6-19H2,2-4H3,(H,34,35,36)/t20-,21-,22?,23-,24?,25?,27-,28-,29+/m1/s1. The number of aliphatic hydroxyl groups excluding tert-OH is 1. The van der Waals surface area contributed by atoms with Gasteiger partial charge in [0.1, 0.15) is 0 Å². The fourth-order valence-electron chi connectivity index (χ4n) is 9.61. The first-order valence-electron chi connectivity index (χ1n) is 14.5. The van der Waals surface area contributed by atoms with Gasteiger partial charge in [0.05, 0.1) is 17.5 Å². The normalized spacial score (nSPS) is 42.3. The van der Waals surface area contributed by atoms with E-state index in [1.165, 1.54) is 17.7 Å². The van der Waals surface area contributed by atoms with E-state index in [2.05, 4.69) is 27.4 Å². The van der Waals surface area contributed by atoms with E-state index in [0.717, 1.165) is 44.9 Å². The van der Waals surface area contributed by atoms with Crippen molar-refractivity contribution in [3.05, 3.63) is 12.7 Å². The molecule has 37 heavy (non-hydrogen) atoms. The highest BCUT2D eigenvalue weighted by Gasteiger charge is 2.64. The largest absolute Gasteiger partial charge is 0.393 e. The van der Waals surface area contributed by atoms with Crippen LogP contribution in [-0.4, -0.2) is 64.5 Å². The lowest BCUT2D eigenvalue weighted by molar-refractivity contribution is -0.220. The molecule has 1 amide bonds. The van der Waals surface area contributed by atoms with Crippen molar-refractivity contribution in [1.82, 2.24) is 4.90 Å². The number of carbonyl (C=O) groups is 1. The van der Waals surface area contributed by atoms with Gasteiger partial charge in [-0.3, -0.25) is 9.35 Å². The Bertz CT molecular complexity index is 969. The van der Waals surface area contributed by atoms with Gasteiger partial charge in [0.2, 0.25) is 5.91 Å². The molecule has 4 rings (SSSR count). The van der Waals surface area contributed by atoms with Crippen molar-refractivity contribution in [3.8, 4) is 0 Å². The molecule has 4 fully saturated rings. The monoisotopic (exact) mass is 539 g/mol. The molecule has 212 valence electrons. The Morgan fingerprint density at radius 1 is 1.11 bits per heavy atom. The molecular formula is C29H49NO6S. The molecule has 0 aliphatic heterocycles. The van der Waals surface area contributed by atoms with Gasteiger partial charge >= 0.3 is 0 Å². The molecule has 7 nitrogen and oxygen atoms in total. The Labute approximate surface area is 223 Å². The lowest BCUT2D eigenvalue weighted by atomic mass is 9.43. The summed E-state index contributed by atoms with van der Waals surface area (Å²) in [7, 11) is -4.12. The molecular weight excluding hydrogens is 490 g/mol.